The highest BCUT2D eigenvalue weighted by Crippen LogP contribution is 2.16. The van der Waals surface area contributed by atoms with Crippen LogP contribution in [-0.2, 0) is 6.67 Å². The second-order valence-electron chi connectivity index (χ2n) is 5.13. The van der Waals surface area contributed by atoms with E-state index in [9.17, 15) is 14.9 Å². The Morgan fingerprint density at radius 1 is 1.23 bits per heavy atom. The number of amides is 1. The van der Waals surface area contributed by atoms with Crippen LogP contribution in [0.1, 0.15) is 17.4 Å². The summed E-state index contributed by atoms with van der Waals surface area (Å²) in [6.45, 7) is 2.55. The lowest BCUT2D eigenvalue weighted by molar-refractivity contribution is -0.394. The van der Waals surface area contributed by atoms with Gasteiger partial charge in [-0.1, -0.05) is 4.98 Å². The molecule has 134 valence electrons. The minimum atomic E-state index is -0.685. The first-order chi connectivity index (χ1) is 12.5. The second-order valence-corrected chi connectivity index (χ2v) is 5.13. The molecule has 2 aromatic heterocycles. The van der Waals surface area contributed by atoms with Crippen molar-refractivity contribution in [2.45, 2.75) is 13.6 Å². The van der Waals surface area contributed by atoms with Gasteiger partial charge in [-0.25, -0.2) is 4.68 Å². The standard InChI is InChI=1S/C15H15N7O4/c1-2-26-12-5-3-11(4-6-12)17-14(23)13-7-8-20(18-13)10-21-9-16-15(19-21)22(24)25/h3-9H,2,10H2,1H3,(H,17,23). The number of nitrogens with one attached hydrogen (secondary N) is 1. The van der Waals surface area contributed by atoms with E-state index < -0.39 is 10.9 Å². The molecule has 11 heteroatoms. The van der Waals surface area contributed by atoms with E-state index in [-0.39, 0.29) is 18.3 Å². The van der Waals surface area contributed by atoms with E-state index in [1.54, 1.807) is 30.5 Å². The summed E-state index contributed by atoms with van der Waals surface area (Å²) in [6.07, 6.45) is 2.79. The van der Waals surface area contributed by atoms with Crippen molar-refractivity contribution in [3.63, 3.8) is 0 Å². The van der Waals surface area contributed by atoms with Gasteiger partial charge in [-0.3, -0.25) is 4.79 Å². The fourth-order valence-electron chi connectivity index (χ4n) is 2.14. The van der Waals surface area contributed by atoms with Crippen LogP contribution in [0.3, 0.4) is 0 Å². The summed E-state index contributed by atoms with van der Waals surface area (Å²) in [5, 5.41) is 21.1. The van der Waals surface area contributed by atoms with Gasteiger partial charge in [0.05, 0.1) is 6.61 Å². The Hall–Kier alpha value is -3.76. The Morgan fingerprint density at radius 3 is 2.65 bits per heavy atom. The predicted molar refractivity (Wildman–Crippen MR) is 89.9 cm³/mol. The molecule has 0 radical (unpaired) electrons. The lowest BCUT2D eigenvalue weighted by Gasteiger charge is -2.06. The van der Waals surface area contributed by atoms with Crippen LogP contribution in [0, 0.1) is 10.1 Å². The number of benzene rings is 1. The third-order valence-electron chi connectivity index (χ3n) is 3.27. The lowest BCUT2D eigenvalue weighted by atomic mass is 10.3. The molecule has 0 bridgehead atoms. The summed E-state index contributed by atoms with van der Waals surface area (Å²) in [5.41, 5.74) is 0.813. The van der Waals surface area contributed by atoms with Crippen molar-refractivity contribution in [2.24, 2.45) is 0 Å². The van der Waals surface area contributed by atoms with Gasteiger partial charge in [0.25, 0.3) is 5.91 Å². The zero-order valence-electron chi connectivity index (χ0n) is 13.8. The number of nitrogens with zero attached hydrogens (tertiary/aromatic N) is 6. The van der Waals surface area contributed by atoms with Crippen molar-refractivity contribution in [1.29, 1.82) is 0 Å². The van der Waals surface area contributed by atoms with E-state index in [2.05, 4.69) is 20.5 Å². The maximum Gasteiger partial charge on any atom is 0.491 e. The minimum absolute atomic E-state index is 0.0944. The van der Waals surface area contributed by atoms with Gasteiger partial charge in [0.1, 0.15) is 5.75 Å². The SMILES string of the molecule is CCOc1ccc(NC(=O)c2ccn(Cn3cnc([N+](=O)[O-])n3)n2)cc1. The van der Waals surface area contributed by atoms with Crippen molar-refractivity contribution in [1.82, 2.24) is 24.5 Å². The first-order valence-electron chi connectivity index (χ1n) is 7.66. The third-order valence-corrected chi connectivity index (χ3v) is 3.27. The van der Waals surface area contributed by atoms with Gasteiger partial charge >= 0.3 is 5.95 Å². The quantitative estimate of drug-likeness (QED) is 0.501. The van der Waals surface area contributed by atoms with Crippen LogP contribution in [0.5, 0.6) is 5.75 Å². The average molecular weight is 357 g/mol. The number of aromatic nitrogens is 5. The van der Waals surface area contributed by atoms with Crippen molar-refractivity contribution >= 4 is 17.5 Å². The highest BCUT2D eigenvalue weighted by molar-refractivity contribution is 6.02. The Balaban J connectivity index is 1.62. The number of carbonyl (C=O) groups is 1. The van der Waals surface area contributed by atoms with Gasteiger partial charge in [0.15, 0.2) is 12.4 Å². The lowest BCUT2D eigenvalue weighted by Crippen LogP contribution is -2.15. The summed E-state index contributed by atoms with van der Waals surface area (Å²) in [5.74, 6) is -0.153. The molecule has 1 N–H and O–H groups in total. The van der Waals surface area contributed by atoms with E-state index in [0.29, 0.717) is 12.3 Å². The van der Waals surface area contributed by atoms with Gasteiger partial charge in [-0.05, 0) is 42.2 Å². The molecule has 3 aromatic rings. The van der Waals surface area contributed by atoms with E-state index >= 15 is 0 Å². The molecule has 11 nitrogen and oxygen atoms in total. The van der Waals surface area contributed by atoms with Crippen LogP contribution in [-0.4, -0.2) is 42.0 Å². The molecule has 0 fully saturated rings. The summed E-state index contributed by atoms with van der Waals surface area (Å²) in [4.78, 5) is 25.7. The van der Waals surface area contributed by atoms with Crippen molar-refractivity contribution < 1.29 is 14.5 Å². The molecule has 3 rings (SSSR count). The molecule has 0 saturated heterocycles. The molecule has 0 unspecified atom stereocenters. The first kappa shape index (κ1) is 17.1. The number of hydrogen-bond donors (Lipinski definition) is 1. The maximum atomic E-state index is 12.2. The number of anilines is 1. The highest BCUT2D eigenvalue weighted by atomic mass is 16.6. The maximum absolute atomic E-state index is 12.2. The first-order valence-corrected chi connectivity index (χ1v) is 7.66. The molecule has 0 aliphatic carbocycles. The Bertz CT molecular complexity index is 916. The van der Waals surface area contributed by atoms with Gasteiger partial charge in [-0.2, -0.15) is 9.78 Å². The largest absolute Gasteiger partial charge is 0.494 e. The second kappa shape index (κ2) is 7.42. The van der Waals surface area contributed by atoms with Gasteiger partial charge in [0.2, 0.25) is 6.33 Å². The topological polar surface area (TPSA) is 130 Å². The number of rotatable bonds is 7. The number of hydrogen-bond acceptors (Lipinski definition) is 7. The summed E-state index contributed by atoms with van der Waals surface area (Å²) in [6, 6.07) is 8.52. The summed E-state index contributed by atoms with van der Waals surface area (Å²) in [7, 11) is 0. The normalized spacial score (nSPS) is 10.5. The number of nitro groups is 1. The van der Waals surface area contributed by atoms with Crippen LogP contribution >= 0.6 is 0 Å². The van der Waals surface area contributed by atoms with Gasteiger partial charge < -0.3 is 20.2 Å². The highest BCUT2D eigenvalue weighted by Gasteiger charge is 2.14. The molecule has 0 saturated carbocycles. The van der Waals surface area contributed by atoms with Crippen molar-refractivity contribution in [3.8, 4) is 5.75 Å². The van der Waals surface area contributed by atoms with Gasteiger partial charge in [-0.15, -0.1) is 0 Å². The van der Waals surface area contributed by atoms with Crippen LogP contribution in [0.2, 0.25) is 0 Å². The third kappa shape index (κ3) is 4.01. The zero-order valence-corrected chi connectivity index (χ0v) is 13.8. The van der Waals surface area contributed by atoms with Crippen LogP contribution in [0.25, 0.3) is 0 Å². The molecule has 1 amide bonds. The number of carbonyl (C=O) groups excluding carboxylic acids is 1. The van der Waals surface area contributed by atoms with E-state index in [1.165, 1.54) is 21.8 Å². The molecule has 0 atom stereocenters. The van der Waals surface area contributed by atoms with E-state index in [0.717, 1.165) is 5.75 Å². The fourth-order valence-corrected chi connectivity index (χ4v) is 2.14. The Labute approximate surface area is 147 Å². The summed E-state index contributed by atoms with van der Waals surface area (Å²) >= 11 is 0. The average Bonchev–Trinajstić information content (AvgIpc) is 3.27. The van der Waals surface area contributed by atoms with Crippen molar-refractivity contribution in [2.75, 3.05) is 11.9 Å². The Kier molecular flexibility index (Phi) is 4.87. The smallest absolute Gasteiger partial charge is 0.491 e. The predicted octanol–water partition coefficient (Wildman–Crippen LogP) is 1.54. The van der Waals surface area contributed by atoms with Gasteiger partial charge in [0, 0.05) is 17.0 Å². The molecule has 26 heavy (non-hydrogen) atoms. The fraction of sp³-hybridized carbons (Fsp3) is 0.200. The van der Waals surface area contributed by atoms with Crippen LogP contribution in [0.4, 0.5) is 11.6 Å². The van der Waals surface area contributed by atoms with E-state index in [4.69, 9.17) is 4.74 Å². The Morgan fingerprint density at radius 2 is 2.00 bits per heavy atom. The molecule has 0 aliphatic rings. The summed E-state index contributed by atoms with van der Waals surface area (Å²) < 4.78 is 8.01. The minimum Gasteiger partial charge on any atom is -0.494 e. The van der Waals surface area contributed by atoms with Crippen molar-refractivity contribution in [3.05, 3.63) is 58.7 Å². The van der Waals surface area contributed by atoms with Crippen LogP contribution in [0.15, 0.2) is 42.9 Å². The number of ether oxygens (including phenoxy) is 1. The van der Waals surface area contributed by atoms with E-state index in [1.807, 2.05) is 6.92 Å². The molecular weight excluding hydrogens is 342 g/mol. The molecule has 2 heterocycles. The van der Waals surface area contributed by atoms with Crippen LogP contribution < -0.4 is 10.1 Å². The molecule has 0 aliphatic heterocycles. The molecule has 0 spiro atoms. The zero-order chi connectivity index (χ0) is 18.5. The monoisotopic (exact) mass is 357 g/mol. The molecular formula is C15H15N7O4. The molecule has 1 aromatic carbocycles.